The molecule has 0 saturated heterocycles. The van der Waals surface area contributed by atoms with Crippen LogP contribution in [0.2, 0.25) is 0 Å². The van der Waals surface area contributed by atoms with Crippen LogP contribution in [0.5, 0.6) is 11.5 Å². The van der Waals surface area contributed by atoms with Gasteiger partial charge >= 0.3 is 0 Å². The number of aromatic nitrogens is 2. The third-order valence-corrected chi connectivity index (χ3v) is 3.16. The first-order chi connectivity index (χ1) is 10.7. The number of methoxy groups -OCH3 is 2. The van der Waals surface area contributed by atoms with Gasteiger partial charge in [-0.2, -0.15) is 0 Å². The van der Waals surface area contributed by atoms with Crippen LogP contribution < -0.4 is 14.8 Å². The second-order valence-electron chi connectivity index (χ2n) is 4.58. The minimum absolute atomic E-state index is 0.285. The van der Waals surface area contributed by atoms with Gasteiger partial charge in [-0.05, 0) is 24.3 Å². The number of rotatable bonds is 4. The summed E-state index contributed by atoms with van der Waals surface area (Å²) in [4.78, 5) is 8.82. The van der Waals surface area contributed by atoms with Crippen LogP contribution in [0.4, 0.5) is 15.9 Å². The molecule has 112 valence electrons. The summed E-state index contributed by atoms with van der Waals surface area (Å²) in [5, 5.41) is 3.08. The van der Waals surface area contributed by atoms with E-state index in [1.165, 1.54) is 12.1 Å². The van der Waals surface area contributed by atoms with Gasteiger partial charge in [0.25, 0.3) is 0 Å². The Hall–Kier alpha value is -2.89. The fraction of sp³-hybridized carbons (Fsp3) is 0.125. The molecule has 3 aromatic rings. The van der Waals surface area contributed by atoms with Crippen LogP contribution in [-0.4, -0.2) is 24.2 Å². The highest BCUT2D eigenvalue weighted by Crippen LogP contribution is 2.31. The van der Waals surface area contributed by atoms with E-state index in [-0.39, 0.29) is 5.82 Å². The number of benzene rings is 2. The van der Waals surface area contributed by atoms with Crippen molar-refractivity contribution >= 4 is 22.5 Å². The van der Waals surface area contributed by atoms with Crippen molar-refractivity contribution in [3.63, 3.8) is 0 Å². The minimum Gasteiger partial charge on any atom is -0.493 e. The Morgan fingerprint density at radius 2 is 1.59 bits per heavy atom. The fourth-order valence-corrected chi connectivity index (χ4v) is 2.08. The molecule has 0 atom stereocenters. The van der Waals surface area contributed by atoms with E-state index in [1.807, 2.05) is 0 Å². The van der Waals surface area contributed by atoms with E-state index in [2.05, 4.69) is 15.3 Å². The van der Waals surface area contributed by atoms with Crippen molar-refractivity contribution in [2.24, 2.45) is 0 Å². The first-order valence-corrected chi connectivity index (χ1v) is 6.61. The molecule has 0 saturated carbocycles. The number of halogens is 1. The van der Waals surface area contributed by atoms with Crippen LogP contribution in [0.25, 0.3) is 11.0 Å². The standard InChI is InChI=1S/C16H14FN3O2/c1-21-14-7-12-13(8-15(14)22-2)20-16(9-18-12)19-11-5-3-10(17)4-6-11/h3-9H,1-2H3,(H,19,20). The Kier molecular flexibility index (Phi) is 3.74. The summed E-state index contributed by atoms with van der Waals surface area (Å²) in [6, 6.07) is 9.56. The molecule has 0 amide bonds. The highest BCUT2D eigenvalue weighted by molar-refractivity contribution is 5.80. The van der Waals surface area contributed by atoms with Crippen molar-refractivity contribution < 1.29 is 13.9 Å². The van der Waals surface area contributed by atoms with Crippen LogP contribution >= 0.6 is 0 Å². The Morgan fingerprint density at radius 1 is 0.955 bits per heavy atom. The summed E-state index contributed by atoms with van der Waals surface area (Å²) in [7, 11) is 3.14. The largest absolute Gasteiger partial charge is 0.493 e. The molecule has 0 fully saturated rings. The molecular formula is C16H14FN3O2. The summed E-state index contributed by atoms with van der Waals surface area (Å²) in [5.41, 5.74) is 2.10. The van der Waals surface area contributed by atoms with Crippen molar-refractivity contribution in [1.29, 1.82) is 0 Å². The zero-order valence-corrected chi connectivity index (χ0v) is 12.1. The monoisotopic (exact) mass is 299 g/mol. The average molecular weight is 299 g/mol. The molecule has 6 heteroatoms. The number of nitrogens with one attached hydrogen (secondary N) is 1. The Bertz CT molecular complexity index is 806. The number of ether oxygens (including phenoxy) is 2. The van der Waals surface area contributed by atoms with Gasteiger partial charge in [-0.25, -0.2) is 9.37 Å². The van der Waals surface area contributed by atoms with Crippen LogP contribution in [0.1, 0.15) is 0 Å². The van der Waals surface area contributed by atoms with Crippen LogP contribution in [0.3, 0.4) is 0 Å². The van der Waals surface area contributed by atoms with Gasteiger partial charge in [0, 0.05) is 17.8 Å². The second-order valence-corrected chi connectivity index (χ2v) is 4.58. The van der Waals surface area contributed by atoms with Gasteiger partial charge in [-0.3, -0.25) is 4.98 Å². The van der Waals surface area contributed by atoms with E-state index in [0.717, 1.165) is 5.69 Å². The predicted octanol–water partition coefficient (Wildman–Crippen LogP) is 3.53. The lowest BCUT2D eigenvalue weighted by Crippen LogP contribution is -1.97. The summed E-state index contributed by atoms with van der Waals surface area (Å²) < 4.78 is 23.4. The van der Waals surface area contributed by atoms with E-state index in [4.69, 9.17) is 9.47 Å². The van der Waals surface area contributed by atoms with Gasteiger partial charge in [-0.1, -0.05) is 0 Å². The first kappa shape index (κ1) is 14.1. The van der Waals surface area contributed by atoms with Gasteiger partial charge in [0.1, 0.15) is 11.6 Å². The smallest absolute Gasteiger partial charge is 0.163 e. The molecule has 1 aromatic heterocycles. The molecule has 0 bridgehead atoms. The quantitative estimate of drug-likeness (QED) is 0.798. The van der Waals surface area contributed by atoms with Crippen molar-refractivity contribution in [3.8, 4) is 11.5 Å². The Morgan fingerprint density at radius 3 is 2.23 bits per heavy atom. The number of hydrogen-bond acceptors (Lipinski definition) is 5. The van der Waals surface area contributed by atoms with E-state index in [1.54, 1.807) is 44.7 Å². The molecule has 5 nitrogen and oxygen atoms in total. The lowest BCUT2D eigenvalue weighted by molar-refractivity contribution is 0.355. The molecule has 22 heavy (non-hydrogen) atoms. The first-order valence-electron chi connectivity index (χ1n) is 6.61. The van der Waals surface area contributed by atoms with E-state index >= 15 is 0 Å². The molecular weight excluding hydrogens is 285 g/mol. The summed E-state index contributed by atoms with van der Waals surface area (Å²) >= 11 is 0. The normalized spacial score (nSPS) is 10.5. The molecule has 0 aliphatic carbocycles. The topological polar surface area (TPSA) is 56.3 Å². The fourth-order valence-electron chi connectivity index (χ4n) is 2.08. The molecule has 0 radical (unpaired) electrons. The van der Waals surface area contributed by atoms with Gasteiger partial charge < -0.3 is 14.8 Å². The number of hydrogen-bond donors (Lipinski definition) is 1. The second kappa shape index (κ2) is 5.85. The molecule has 2 aromatic carbocycles. The van der Waals surface area contributed by atoms with Crippen molar-refractivity contribution in [2.75, 3.05) is 19.5 Å². The SMILES string of the molecule is COc1cc2ncc(Nc3ccc(F)cc3)nc2cc1OC. The Balaban J connectivity index is 1.96. The van der Waals surface area contributed by atoms with Crippen molar-refractivity contribution in [1.82, 2.24) is 9.97 Å². The maximum Gasteiger partial charge on any atom is 0.163 e. The van der Waals surface area contributed by atoms with E-state index in [0.29, 0.717) is 28.4 Å². The average Bonchev–Trinajstić information content (AvgIpc) is 2.55. The summed E-state index contributed by atoms with van der Waals surface area (Å²) in [6.45, 7) is 0. The predicted molar refractivity (Wildman–Crippen MR) is 82.3 cm³/mol. The molecule has 0 spiro atoms. The molecule has 0 aliphatic heterocycles. The van der Waals surface area contributed by atoms with Gasteiger partial charge in [0.05, 0.1) is 31.4 Å². The third-order valence-electron chi connectivity index (χ3n) is 3.16. The van der Waals surface area contributed by atoms with Gasteiger partial charge in [0.2, 0.25) is 0 Å². The summed E-state index contributed by atoms with van der Waals surface area (Å²) in [5.74, 6) is 1.46. The minimum atomic E-state index is -0.285. The zero-order chi connectivity index (χ0) is 15.5. The van der Waals surface area contributed by atoms with E-state index < -0.39 is 0 Å². The molecule has 3 rings (SSSR count). The molecule has 0 unspecified atom stereocenters. The highest BCUT2D eigenvalue weighted by Gasteiger charge is 2.08. The highest BCUT2D eigenvalue weighted by atomic mass is 19.1. The van der Waals surface area contributed by atoms with E-state index in [9.17, 15) is 4.39 Å². The van der Waals surface area contributed by atoms with Gasteiger partial charge in [0.15, 0.2) is 11.5 Å². The summed E-state index contributed by atoms with van der Waals surface area (Å²) in [6.07, 6.45) is 1.61. The molecule has 1 heterocycles. The number of nitrogens with zero attached hydrogens (tertiary/aromatic N) is 2. The van der Waals surface area contributed by atoms with Crippen LogP contribution in [-0.2, 0) is 0 Å². The molecule has 0 aliphatic rings. The maximum atomic E-state index is 12.9. The Labute approximate surface area is 126 Å². The molecule has 1 N–H and O–H groups in total. The van der Waals surface area contributed by atoms with Crippen LogP contribution in [0, 0.1) is 5.82 Å². The van der Waals surface area contributed by atoms with Crippen LogP contribution in [0.15, 0.2) is 42.6 Å². The van der Waals surface area contributed by atoms with Gasteiger partial charge in [-0.15, -0.1) is 0 Å². The lowest BCUT2D eigenvalue weighted by atomic mass is 10.2. The van der Waals surface area contributed by atoms with Crippen molar-refractivity contribution in [2.45, 2.75) is 0 Å². The maximum absolute atomic E-state index is 12.9. The number of anilines is 2. The lowest BCUT2D eigenvalue weighted by Gasteiger charge is -2.10. The third kappa shape index (κ3) is 2.76. The van der Waals surface area contributed by atoms with Crippen molar-refractivity contribution in [3.05, 3.63) is 48.4 Å². The zero-order valence-electron chi connectivity index (χ0n) is 12.1. The number of fused-ring (bicyclic) bond motifs is 1.